The van der Waals surface area contributed by atoms with E-state index in [9.17, 15) is 14.1 Å². The molecule has 0 saturated heterocycles. The van der Waals surface area contributed by atoms with Crippen LogP contribution in [0.1, 0.15) is 11.1 Å². The highest BCUT2D eigenvalue weighted by molar-refractivity contribution is 5.22. The lowest BCUT2D eigenvalue weighted by molar-refractivity contribution is 0.341. The van der Waals surface area contributed by atoms with Gasteiger partial charge in [-0.25, -0.2) is 4.79 Å². The predicted octanol–water partition coefficient (Wildman–Crippen LogP) is 0.860. The number of aromatic amines is 1. The van der Waals surface area contributed by atoms with Crippen LogP contribution in [-0.4, -0.2) is 9.77 Å². The molecular weight excluding hydrogens is 211 g/mol. The van der Waals surface area contributed by atoms with Crippen LogP contribution in [0.5, 0.6) is 0 Å². The number of nitrogens with one attached hydrogen (secondary N) is 1. The van der Waals surface area contributed by atoms with Gasteiger partial charge >= 0.3 is 5.69 Å². The summed E-state index contributed by atoms with van der Waals surface area (Å²) in [4.78, 5) is 23.9. The highest BCUT2D eigenvalue weighted by Crippen LogP contribution is 2.03. The Bertz CT molecular complexity index is 601. The molecule has 0 unspecified atom stereocenters. The summed E-state index contributed by atoms with van der Waals surface area (Å²) in [6.07, 6.45) is 1.20. The van der Waals surface area contributed by atoms with E-state index in [1.54, 1.807) is 0 Å². The maximum Gasteiger partial charge on any atom is 0.356 e. The third-order valence-corrected chi connectivity index (χ3v) is 2.21. The molecule has 1 aromatic heterocycles. The lowest BCUT2D eigenvalue weighted by atomic mass is 10.1. The van der Waals surface area contributed by atoms with Crippen LogP contribution >= 0.6 is 0 Å². The van der Waals surface area contributed by atoms with Gasteiger partial charge in [-0.1, -0.05) is 34.8 Å². The van der Waals surface area contributed by atoms with Crippen molar-refractivity contribution in [3.8, 4) is 0 Å². The van der Waals surface area contributed by atoms with E-state index >= 15 is 0 Å². The van der Waals surface area contributed by atoms with Crippen molar-refractivity contribution in [2.45, 2.75) is 6.42 Å². The summed E-state index contributed by atoms with van der Waals surface area (Å²) in [7, 11) is 0. The fourth-order valence-electron chi connectivity index (χ4n) is 1.43. The Hall–Kier alpha value is -2.17. The first kappa shape index (κ1) is 10.4. The first-order valence-corrected chi connectivity index (χ1v) is 4.72. The van der Waals surface area contributed by atoms with Crippen LogP contribution in [0.4, 0.5) is 4.48 Å². The highest BCUT2D eigenvalue weighted by atomic mass is 19.2. The summed E-state index contributed by atoms with van der Waals surface area (Å²) in [6, 6.07) is 9.16. The second-order valence-electron chi connectivity index (χ2n) is 3.39. The zero-order chi connectivity index (χ0) is 11.5. The molecule has 0 bridgehead atoms. The van der Waals surface area contributed by atoms with Gasteiger partial charge in [-0.2, -0.15) is 0 Å². The van der Waals surface area contributed by atoms with Crippen LogP contribution in [0, 0.1) is 0 Å². The van der Waals surface area contributed by atoms with Crippen molar-refractivity contribution in [2.24, 2.45) is 0 Å². The quantitative estimate of drug-likeness (QED) is 0.816. The molecule has 16 heavy (non-hydrogen) atoms. The third kappa shape index (κ3) is 2.08. The van der Waals surface area contributed by atoms with Gasteiger partial charge < -0.3 is 0 Å². The van der Waals surface area contributed by atoms with Gasteiger partial charge in [0.05, 0.1) is 6.20 Å². The largest absolute Gasteiger partial charge is 0.356 e. The van der Waals surface area contributed by atoms with Gasteiger partial charge in [-0.15, -0.1) is 4.79 Å². The van der Waals surface area contributed by atoms with Crippen LogP contribution in [0.15, 0.2) is 46.1 Å². The number of H-pyrrole nitrogens is 1. The number of halogens is 1. The molecule has 0 aliphatic carbocycles. The SMILES string of the molecule is O=c1[nH]c(=O)n(F)cc1Cc1ccccc1. The summed E-state index contributed by atoms with van der Waals surface area (Å²) in [6.45, 7) is 0. The second-order valence-corrected chi connectivity index (χ2v) is 3.39. The Labute approximate surface area is 89.9 Å². The van der Waals surface area contributed by atoms with E-state index in [1.165, 1.54) is 0 Å². The van der Waals surface area contributed by atoms with Crippen molar-refractivity contribution in [3.05, 3.63) is 68.5 Å². The Morgan fingerprint density at radius 2 is 1.88 bits per heavy atom. The Morgan fingerprint density at radius 1 is 1.19 bits per heavy atom. The maximum atomic E-state index is 12.9. The second kappa shape index (κ2) is 4.14. The molecule has 4 nitrogen and oxygen atoms in total. The number of rotatable bonds is 2. The van der Waals surface area contributed by atoms with E-state index in [4.69, 9.17) is 0 Å². The van der Waals surface area contributed by atoms with Crippen LogP contribution in [0.2, 0.25) is 0 Å². The van der Waals surface area contributed by atoms with Crippen LogP contribution < -0.4 is 11.2 Å². The summed E-state index contributed by atoms with van der Waals surface area (Å²) in [5.74, 6) is 0. The predicted molar refractivity (Wildman–Crippen MR) is 57.1 cm³/mol. The zero-order valence-electron chi connectivity index (χ0n) is 8.31. The van der Waals surface area contributed by atoms with Crippen molar-refractivity contribution in [1.82, 2.24) is 9.77 Å². The van der Waals surface area contributed by atoms with Gasteiger partial charge in [0, 0.05) is 12.0 Å². The minimum absolute atomic E-state index is 0.125. The van der Waals surface area contributed by atoms with Crippen molar-refractivity contribution in [3.63, 3.8) is 0 Å². The van der Waals surface area contributed by atoms with Crippen LogP contribution in [0.3, 0.4) is 0 Å². The van der Waals surface area contributed by atoms with Gasteiger partial charge in [0.1, 0.15) is 0 Å². The normalized spacial score (nSPS) is 10.3. The monoisotopic (exact) mass is 220 g/mol. The summed E-state index contributed by atoms with van der Waals surface area (Å²) in [5, 5.41) is 0. The first-order valence-electron chi connectivity index (χ1n) is 4.72. The number of benzene rings is 1. The molecule has 0 aliphatic heterocycles. The fourth-order valence-corrected chi connectivity index (χ4v) is 1.43. The molecule has 82 valence electrons. The molecule has 1 aromatic carbocycles. The maximum absolute atomic E-state index is 12.9. The van der Waals surface area contributed by atoms with Gasteiger partial charge in [0.15, 0.2) is 0 Å². The summed E-state index contributed by atoms with van der Waals surface area (Å²) in [5.41, 5.74) is -0.510. The average Bonchev–Trinajstić information content (AvgIpc) is 2.27. The number of hydrogen-bond donors (Lipinski definition) is 1. The molecule has 2 aromatic rings. The average molecular weight is 220 g/mol. The lowest BCUT2D eigenvalue weighted by Gasteiger charge is -2.00. The Morgan fingerprint density at radius 3 is 2.56 bits per heavy atom. The third-order valence-electron chi connectivity index (χ3n) is 2.21. The molecule has 0 atom stereocenters. The molecular formula is C11H9FN2O2. The molecule has 1 N–H and O–H groups in total. The van der Waals surface area contributed by atoms with Gasteiger partial charge in [-0.3, -0.25) is 9.78 Å². The first-order chi connectivity index (χ1) is 7.66. The van der Waals surface area contributed by atoms with Gasteiger partial charge in [0.25, 0.3) is 5.56 Å². The van der Waals surface area contributed by atoms with E-state index < -0.39 is 11.2 Å². The molecule has 0 spiro atoms. The number of nitrogens with zero attached hydrogens (tertiary/aromatic N) is 1. The van der Waals surface area contributed by atoms with Crippen molar-refractivity contribution in [1.29, 1.82) is 0 Å². The summed E-state index contributed by atoms with van der Waals surface area (Å²) >= 11 is 0. The van der Waals surface area contributed by atoms with Crippen molar-refractivity contribution < 1.29 is 4.48 Å². The standard InChI is InChI=1S/C11H9FN2O2/c12-14-7-9(10(15)13-11(14)16)6-8-4-2-1-3-5-8/h1-5,7H,6H2,(H,13,15,16). The molecule has 0 saturated carbocycles. The molecule has 0 amide bonds. The molecule has 0 aliphatic rings. The lowest BCUT2D eigenvalue weighted by Crippen LogP contribution is -2.28. The smallest absolute Gasteiger partial charge is 0.272 e. The molecule has 0 fully saturated rings. The molecule has 1 heterocycles. The summed E-state index contributed by atoms with van der Waals surface area (Å²) < 4.78 is 12.9. The zero-order valence-corrected chi connectivity index (χ0v) is 8.31. The Kier molecular flexibility index (Phi) is 2.68. The number of hydrogen-bond acceptors (Lipinski definition) is 2. The molecule has 2 rings (SSSR count). The van der Waals surface area contributed by atoms with E-state index in [0.29, 0.717) is 6.42 Å². The number of aromatic nitrogens is 2. The van der Waals surface area contributed by atoms with Crippen molar-refractivity contribution >= 4 is 0 Å². The van der Waals surface area contributed by atoms with Crippen LogP contribution in [0.25, 0.3) is 0 Å². The molecule has 0 radical (unpaired) electrons. The van der Waals surface area contributed by atoms with Crippen molar-refractivity contribution in [2.75, 3.05) is 0 Å². The van der Waals surface area contributed by atoms with Gasteiger partial charge in [0.2, 0.25) is 0 Å². The van der Waals surface area contributed by atoms with E-state index in [0.717, 1.165) is 11.8 Å². The van der Waals surface area contributed by atoms with E-state index in [2.05, 4.69) is 0 Å². The van der Waals surface area contributed by atoms with Gasteiger partial charge in [-0.05, 0) is 5.56 Å². The highest BCUT2D eigenvalue weighted by Gasteiger charge is 2.04. The Balaban J connectivity index is 2.40. The topological polar surface area (TPSA) is 54.9 Å². The van der Waals surface area contributed by atoms with E-state index in [-0.39, 0.29) is 10.4 Å². The van der Waals surface area contributed by atoms with Crippen LogP contribution in [-0.2, 0) is 6.42 Å². The minimum Gasteiger partial charge on any atom is -0.272 e. The van der Waals surface area contributed by atoms with E-state index in [1.807, 2.05) is 35.3 Å². The minimum atomic E-state index is -1.05. The molecule has 5 heteroatoms. The fraction of sp³-hybridized carbons (Fsp3) is 0.0909.